The van der Waals surface area contributed by atoms with Gasteiger partial charge in [0, 0.05) is 32.2 Å². The predicted molar refractivity (Wildman–Crippen MR) is 143 cm³/mol. The quantitative estimate of drug-likeness (QED) is 0.370. The molecule has 1 aliphatic heterocycles. The van der Waals surface area contributed by atoms with Crippen LogP contribution in [0.15, 0.2) is 78.9 Å². The first kappa shape index (κ1) is 26.4. The molecule has 3 aromatic rings. The summed E-state index contributed by atoms with van der Waals surface area (Å²) in [6.45, 7) is 4.31. The van der Waals surface area contributed by atoms with Crippen LogP contribution in [0.2, 0.25) is 0 Å². The fourth-order valence-corrected chi connectivity index (χ4v) is 5.12. The maximum Gasteiger partial charge on any atom is 0.170 e. The van der Waals surface area contributed by atoms with Crippen molar-refractivity contribution in [1.82, 2.24) is 10.2 Å². The molecule has 0 spiro atoms. The van der Waals surface area contributed by atoms with Crippen molar-refractivity contribution in [3.63, 3.8) is 0 Å². The molecule has 1 heterocycles. The zero-order valence-corrected chi connectivity index (χ0v) is 21.0. The second kappa shape index (κ2) is 13.0. The summed E-state index contributed by atoms with van der Waals surface area (Å²) in [5.41, 5.74) is 1.34. The van der Waals surface area contributed by atoms with Crippen molar-refractivity contribution in [3.8, 4) is 23.0 Å². The van der Waals surface area contributed by atoms with Crippen LogP contribution < -0.4 is 14.8 Å². The predicted octanol–water partition coefficient (Wildman–Crippen LogP) is 7.25. The highest BCUT2D eigenvalue weighted by atomic mass is 35.5. The van der Waals surface area contributed by atoms with E-state index >= 15 is 0 Å². The monoisotopic (exact) mass is 500 g/mol. The van der Waals surface area contributed by atoms with E-state index in [2.05, 4.69) is 28.4 Å². The number of hydrogen-bond donors (Lipinski definition) is 1. The average molecular weight is 501 g/mol. The molecule has 5 rings (SSSR count). The van der Waals surface area contributed by atoms with Gasteiger partial charge in [-0.2, -0.15) is 0 Å². The minimum Gasteiger partial charge on any atom is -0.453 e. The van der Waals surface area contributed by atoms with Crippen molar-refractivity contribution in [1.29, 1.82) is 0 Å². The number of hydrogen-bond acceptors (Lipinski definition) is 4. The molecule has 34 heavy (non-hydrogen) atoms. The molecule has 1 saturated heterocycles. The van der Waals surface area contributed by atoms with Gasteiger partial charge in [0.05, 0.1) is 0 Å². The minimum absolute atomic E-state index is 0. The van der Waals surface area contributed by atoms with Gasteiger partial charge in [0.2, 0.25) is 0 Å². The largest absolute Gasteiger partial charge is 0.453 e. The third-order valence-electron chi connectivity index (χ3n) is 6.64. The van der Waals surface area contributed by atoms with Gasteiger partial charge in [0.1, 0.15) is 11.5 Å². The Kier molecular flexibility index (Phi) is 10.1. The van der Waals surface area contributed by atoms with E-state index in [0.29, 0.717) is 12.0 Å². The summed E-state index contributed by atoms with van der Waals surface area (Å²) in [5.74, 6) is 3.86. The highest BCUT2D eigenvalue weighted by molar-refractivity contribution is 5.85. The van der Waals surface area contributed by atoms with Crippen molar-refractivity contribution in [2.24, 2.45) is 5.92 Å². The van der Waals surface area contributed by atoms with E-state index in [1.54, 1.807) is 0 Å². The highest BCUT2D eigenvalue weighted by Crippen LogP contribution is 2.43. The Labute approximate surface area is 215 Å². The van der Waals surface area contributed by atoms with Crippen molar-refractivity contribution in [3.05, 3.63) is 84.4 Å². The lowest BCUT2D eigenvalue weighted by molar-refractivity contribution is 0.125. The first-order valence-electron chi connectivity index (χ1n) is 11.9. The Hall–Kier alpha value is -2.24. The first-order chi connectivity index (χ1) is 15.9. The van der Waals surface area contributed by atoms with Gasteiger partial charge < -0.3 is 14.8 Å². The van der Waals surface area contributed by atoms with Gasteiger partial charge in [-0.25, -0.2) is 0 Å². The molecule has 0 aromatic heterocycles. The number of halogens is 2. The molecule has 0 unspecified atom stereocenters. The van der Waals surface area contributed by atoms with E-state index in [4.69, 9.17) is 9.47 Å². The number of nitrogens with zero attached hydrogens (tertiary/aromatic N) is 1. The minimum atomic E-state index is 0. The Balaban J connectivity index is 0.00000162. The van der Waals surface area contributed by atoms with Crippen LogP contribution >= 0.6 is 24.8 Å². The van der Waals surface area contributed by atoms with Crippen LogP contribution in [0, 0.1) is 5.92 Å². The Bertz CT molecular complexity index is 992. The molecule has 1 aliphatic carbocycles. The number of benzene rings is 3. The van der Waals surface area contributed by atoms with E-state index in [1.165, 1.54) is 31.2 Å². The number of piperazine rings is 1. The summed E-state index contributed by atoms with van der Waals surface area (Å²) in [6, 6.07) is 26.9. The van der Waals surface area contributed by atoms with Crippen LogP contribution in [0.1, 0.15) is 37.3 Å². The van der Waals surface area contributed by atoms with Crippen LogP contribution in [-0.4, -0.2) is 31.1 Å². The topological polar surface area (TPSA) is 33.7 Å². The van der Waals surface area contributed by atoms with E-state index in [1.807, 2.05) is 60.7 Å². The van der Waals surface area contributed by atoms with Crippen molar-refractivity contribution >= 4 is 24.8 Å². The third-order valence-corrected chi connectivity index (χ3v) is 6.64. The molecule has 1 atom stereocenters. The fraction of sp³-hybridized carbons (Fsp3) is 0.357. The smallest absolute Gasteiger partial charge is 0.170 e. The molecule has 3 aromatic carbocycles. The van der Waals surface area contributed by atoms with Gasteiger partial charge in [0.15, 0.2) is 11.5 Å². The molecule has 0 bridgehead atoms. The van der Waals surface area contributed by atoms with Crippen LogP contribution in [0.5, 0.6) is 23.0 Å². The van der Waals surface area contributed by atoms with Gasteiger partial charge in [-0.05, 0) is 60.7 Å². The molecule has 1 saturated carbocycles. The molecule has 6 heteroatoms. The summed E-state index contributed by atoms with van der Waals surface area (Å²) in [7, 11) is 0. The second-order valence-corrected chi connectivity index (χ2v) is 8.81. The zero-order chi connectivity index (χ0) is 21.6. The molecule has 1 N–H and O–H groups in total. The molecule has 182 valence electrons. The van der Waals surface area contributed by atoms with E-state index in [0.717, 1.165) is 49.2 Å². The second-order valence-electron chi connectivity index (χ2n) is 8.81. The highest BCUT2D eigenvalue weighted by Gasteiger charge is 2.32. The van der Waals surface area contributed by atoms with Crippen LogP contribution in [-0.2, 0) is 0 Å². The lowest BCUT2D eigenvalue weighted by Gasteiger charge is -2.39. The number of nitrogens with one attached hydrogen (secondary N) is 1. The lowest BCUT2D eigenvalue weighted by Crippen LogP contribution is -2.46. The fourth-order valence-electron chi connectivity index (χ4n) is 5.12. The summed E-state index contributed by atoms with van der Waals surface area (Å²) in [6.07, 6.45) is 5.31. The maximum absolute atomic E-state index is 6.37. The van der Waals surface area contributed by atoms with Crippen LogP contribution in [0.3, 0.4) is 0 Å². The maximum atomic E-state index is 6.37. The summed E-state index contributed by atoms with van der Waals surface area (Å²) < 4.78 is 12.6. The normalized spacial score (nSPS) is 17.3. The number of rotatable bonds is 7. The average Bonchev–Trinajstić information content (AvgIpc) is 3.37. The van der Waals surface area contributed by atoms with Crippen LogP contribution in [0.4, 0.5) is 0 Å². The van der Waals surface area contributed by atoms with Gasteiger partial charge in [-0.1, -0.05) is 55.3 Å². The molecule has 0 amide bonds. The van der Waals surface area contributed by atoms with Crippen molar-refractivity contribution in [2.45, 2.75) is 31.7 Å². The lowest BCUT2D eigenvalue weighted by atomic mass is 9.89. The first-order valence-corrected chi connectivity index (χ1v) is 11.9. The number of ether oxygens (including phenoxy) is 2. The van der Waals surface area contributed by atoms with Crippen molar-refractivity contribution < 1.29 is 9.47 Å². The Morgan fingerprint density at radius 3 is 1.85 bits per heavy atom. The molecule has 0 radical (unpaired) electrons. The summed E-state index contributed by atoms with van der Waals surface area (Å²) in [5, 5.41) is 3.51. The molecular weight excluding hydrogens is 467 g/mol. The van der Waals surface area contributed by atoms with E-state index in [9.17, 15) is 0 Å². The summed E-state index contributed by atoms with van der Waals surface area (Å²) >= 11 is 0. The third kappa shape index (κ3) is 6.45. The number of para-hydroxylation sites is 2. The van der Waals surface area contributed by atoms with Crippen molar-refractivity contribution in [2.75, 3.05) is 26.2 Å². The van der Waals surface area contributed by atoms with E-state index in [-0.39, 0.29) is 24.8 Å². The van der Waals surface area contributed by atoms with Gasteiger partial charge in [0.25, 0.3) is 0 Å². The molecule has 2 aliphatic rings. The standard InChI is InChI=1S/C28H32N2O2.2ClH/c1-3-11-24(12-4-1)31-26-16-15-23(21-27(26)32-25-13-5-2-6-14-25)28(22-9-7-8-10-22)30-19-17-29-18-20-30;;/h1-6,11-16,21-22,28-29H,7-10,17-20H2;2*1H/t28-;;/m0../s1. The van der Waals surface area contributed by atoms with Crippen LogP contribution in [0.25, 0.3) is 0 Å². The summed E-state index contributed by atoms with van der Waals surface area (Å²) in [4.78, 5) is 2.67. The SMILES string of the molecule is Cl.Cl.c1ccc(Oc2ccc([C@H](C3CCCC3)N3CCNCC3)cc2Oc2ccccc2)cc1. The molecule has 4 nitrogen and oxygen atoms in total. The van der Waals surface area contributed by atoms with Gasteiger partial charge in [-0.15, -0.1) is 24.8 Å². The molecule has 2 fully saturated rings. The van der Waals surface area contributed by atoms with Gasteiger partial charge >= 0.3 is 0 Å². The van der Waals surface area contributed by atoms with Gasteiger partial charge in [-0.3, -0.25) is 4.90 Å². The Morgan fingerprint density at radius 2 is 1.26 bits per heavy atom. The van der Waals surface area contributed by atoms with E-state index < -0.39 is 0 Å². The Morgan fingerprint density at radius 1 is 0.706 bits per heavy atom. The molecular formula is C28H34Cl2N2O2. The zero-order valence-electron chi connectivity index (χ0n) is 19.4.